The van der Waals surface area contributed by atoms with Crippen LogP contribution in [0.5, 0.6) is 11.8 Å². The van der Waals surface area contributed by atoms with Gasteiger partial charge in [0.15, 0.2) is 0 Å². The van der Waals surface area contributed by atoms with Gasteiger partial charge in [0, 0.05) is 29.5 Å². The summed E-state index contributed by atoms with van der Waals surface area (Å²) in [5.41, 5.74) is 2.08. The maximum absolute atomic E-state index is 12.0. The van der Waals surface area contributed by atoms with Crippen LogP contribution in [0.1, 0.15) is 41.4 Å². The highest BCUT2D eigenvalue weighted by Crippen LogP contribution is 2.56. The second-order valence-corrected chi connectivity index (χ2v) is 6.80. The number of rotatable bonds is 6. The van der Waals surface area contributed by atoms with E-state index in [2.05, 4.69) is 5.32 Å². The molecule has 1 aromatic heterocycles. The van der Waals surface area contributed by atoms with Crippen molar-refractivity contribution >= 4 is 12.1 Å². The standard InChI is InChI=1S/C20H20N2O6/c23-15(8-9-21-20(26)27-11-12-4-2-1-3-5-12)28-22-18(24)16-13-6-7-14(10-13)17(16)19(22)25/h1-7,13-14,24-25H,8-11H2,(H,21,26). The number of aromatic nitrogens is 1. The lowest BCUT2D eigenvalue weighted by atomic mass is 10.0. The topological polar surface area (TPSA) is 110 Å². The molecular weight excluding hydrogens is 364 g/mol. The third kappa shape index (κ3) is 3.28. The summed E-state index contributed by atoms with van der Waals surface area (Å²) in [6.45, 7) is 0.131. The number of carbonyl (C=O) groups is 2. The largest absolute Gasteiger partial charge is 0.492 e. The van der Waals surface area contributed by atoms with Crippen LogP contribution in [0.3, 0.4) is 0 Å². The number of carbonyl (C=O) groups excluding carboxylic acids is 2. The highest BCUT2D eigenvalue weighted by atomic mass is 16.7. The number of alkyl carbamates (subject to hydrolysis) is 1. The quantitative estimate of drug-likeness (QED) is 0.660. The van der Waals surface area contributed by atoms with Gasteiger partial charge in [-0.2, -0.15) is 0 Å². The first-order valence-electron chi connectivity index (χ1n) is 9.05. The Morgan fingerprint density at radius 2 is 1.71 bits per heavy atom. The van der Waals surface area contributed by atoms with Crippen molar-refractivity contribution in [3.05, 3.63) is 59.2 Å². The number of hydrogen-bond donors (Lipinski definition) is 3. The summed E-state index contributed by atoms with van der Waals surface area (Å²) < 4.78 is 5.80. The lowest BCUT2D eigenvalue weighted by Gasteiger charge is -2.10. The van der Waals surface area contributed by atoms with E-state index in [4.69, 9.17) is 9.57 Å². The lowest BCUT2D eigenvalue weighted by Crippen LogP contribution is -2.29. The molecular formula is C20H20N2O6. The van der Waals surface area contributed by atoms with E-state index in [1.54, 1.807) is 0 Å². The number of benzene rings is 1. The maximum atomic E-state index is 12.0. The zero-order chi connectivity index (χ0) is 19.7. The van der Waals surface area contributed by atoms with Gasteiger partial charge in [-0.25, -0.2) is 9.59 Å². The van der Waals surface area contributed by atoms with Gasteiger partial charge < -0.3 is 25.1 Å². The first kappa shape index (κ1) is 18.0. The Kier molecular flexibility index (Phi) is 4.68. The van der Waals surface area contributed by atoms with E-state index < -0.39 is 12.1 Å². The third-order valence-corrected chi connectivity index (χ3v) is 4.99. The van der Waals surface area contributed by atoms with Gasteiger partial charge >= 0.3 is 12.1 Å². The molecule has 0 saturated heterocycles. The molecule has 1 aromatic carbocycles. The molecule has 0 fully saturated rings. The molecule has 2 aliphatic carbocycles. The van der Waals surface area contributed by atoms with Crippen molar-refractivity contribution in [2.24, 2.45) is 0 Å². The zero-order valence-electron chi connectivity index (χ0n) is 15.0. The molecule has 8 heteroatoms. The molecule has 2 aliphatic rings. The van der Waals surface area contributed by atoms with Gasteiger partial charge in [0.05, 0.1) is 6.42 Å². The van der Waals surface area contributed by atoms with Gasteiger partial charge in [0.1, 0.15) is 6.61 Å². The summed E-state index contributed by atoms with van der Waals surface area (Å²) in [6, 6.07) is 9.22. The molecule has 8 nitrogen and oxygen atoms in total. The van der Waals surface area contributed by atoms with Crippen molar-refractivity contribution < 1.29 is 29.4 Å². The number of aromatic hydroxyl groups is 2. The number of allylic oxidation sites excluding steroid dienone is 2. The molecule has 1 amide bonds. The van der Waals surface area contributed by atoms with Crippen molar-refractivity contribution in [2.75, 3.05) is 6.54 Å². The second kappa shape index (κ2) is 7.30. The fourth-order valence-electron chi connectivity index (χ4n) is 3.69. The summed E-state index contributed by atoms with van der Waals surface area (Å²) in [5, 5.41) is 23.0. The summed E-state index contributed by atoms with van der Waals surface area (Å²) in [6.07, 6.45) is 3.97. The van der Waals surface area contributed by atoms with E-state index in [-0.39, 0.29) is 43.2 Å². The van der Waals surface area contributed by atoms with Gasteiger partial charge in [-0.3, -0.25) is 0 Å². The average Bonchev–Trinajstić information content (AvgIpc) is 3.37. The molecule has 146 valence electrons. The van der Waals surface area contributed by atoms with Gasteiger partial charge in [0.2, 0.25) is 11.8 Å². The zero-order valence-corrected chi connectivity index (χ0v) is 15.0. The Morgan fingerprint density at radius 3 is 2.36 bits per heavy atom. The molecule has 0 aliphatic heterocycles. The number of nitrogens with one attached hydrogen (secondary N) is 1. The summed E-state index contributed by atoms with van der Waals surface area (Å²) in [5.74, 6) is -1.15. The van der Waals surface area contributed by atoms with Crippen LogP contribution in [0.25, 0.3) is 0 Å². The SMILES string of the molecule is O=C(CCNC(=O)OCc1ccccc1)On1c(O)c2c(c1O)C1C=CC2C1. The first-order valence-corrected chi connectivity index (χ1v) is 9.05. The van der Waals surface area contributed by atoms with Crippen LogP contribution in [0.2, 0.25) is 0 Å². The molecule has 0 radical (unpaired) electrons. The minimum atomic E-state index is -0.706. The highest BCUT2D eigenvalue weighted by molar-refractivity contribution is 5.72. The minimum Gasteiger partial charge on any atom is -0.492 e. The Hall–Kier alpha value is -3.42. The molecule has 1 heterocycles. The smallest absolute Gasteiger partial charge is 0.407 e. The number of amides is 1. The normalized spacial score (nSPS) is 18.7. The number of ether oxygens (including phenoxy) is 1. The van der Waals surface area contributed by atoms with E-state index in [1.165, 1.54) is 0 Å². The molecule has 0 saturated carbocycles. The summed E-state index contributed by atoms with van der Waals surface area (Å²) in [4.78, 5) is 28.7. The van der Waals surface area contributed by atoms with Crippen molar-refractivity contribution in [1.29, 1.82) is 0 Å². The van der Waals surface area contributed by atoms with Crippen molar-refractivity contribution in [3.8, 4) is 11.8 Å². The van der Waals surface area contributed by atoms with Crippen molar-refractivity contribution in [2.45, 2.75) is 31.3 Å². The fraction of sp³-hybridized carbons (Fsp3) is 0.300. The molecule has 28 heavy (non-hydrogen) atoms. The van der Waals surface area contributed by atoms with Gasteiger partial charge in [-0.1, -0.05) is 42.5 Å². The molecule has 2 unspecified atom stereocenters. The molecule has 2 atom stereocenters. The van der Waals surface area contributed by atoms with Crippen LogP contribution in [0, 0.1) is 0 Å². The molecule has 2 bridgehead atoms. The average molecular weight is 384 g/mol. The molecule has 4 rings (SSSR count). The number of hydrogen-bond acceptors (Lipinski definition) is 6. The van der Waals surface area contributed by atoms with E-state index in [0.29, 0.717) is 11.1 Å². The van der Waals surface area contributed by atoms with Crippen LogP contribution >= 0.6 is 0 Å². The van der Waals surface area contributed by atoms with Gasteiger partial charge in [-0.05, 0) is 12.0 Å². The Bertz CT molecular complexity index is 898. The Morgan fingerprint density at radius 1 is 1.07 bits per heavy atom. The predicted molar refractivity (Wildman–Crippen MR) is 97.8 cm³/mol. The molecule has 3 N–H and O–H groups in total. The van der Waals surface area contributed by atoms with Crippen LogP contribution in [-0.4, -0.2) is 33.6 Å². The predicted octanol–water partition coefficient (Wildman–Crippen LogP) is 2.31. The highest BCUT2D eigenvalue weighted by Gasteiger charge is 2.42. The van der Waals surface area contributed by atoms with Crippen LogP contribution in [0.4, 0.5) is 4.79 Å². The van der Waals surface area contributed by atoms with Crippen molar-refractivity contribution in [1.82, 2.24) is 10.0 Å². The van der Waals surface area contributed by atoms with E-state index in [0.717, 1.165) is 16.7 Å². The third-order valence-electron chi connectivity index (χ3n) is 4.99. The van der Waals surface area contributed by atoms with E-state index in [9.17, 15) is 19.8 Å². The Balaban J connectivity index is 1.25. The monoisotopic (exact) mass is 384 g/mol. The maximum Gasteiger partial charge on any atom is 0.407 e. The molecule has 0 spiro atoms. The summed E-state index contributed by atoms with van der Waals surface area (Å²) in [7, 11) is 0. The van der Waals surface area contributed by atoms with E-state index >= 15 is 0 Å². The van der Waals surface area contributed by atoms with Crippen molar-refractivity contribution in [3.63, 3.8) is 0 Å². The first-order chi connectivity index (χ1) is 13.5. The number of fused-ring (bicyclic) bond motifs is 5. The lowest BCUT2D eigenvalue weighted by molar-refractivity contribution is -0.145. The van der Waals surface area contributed by atoms with Crippen LogP contribution in [-0.2, 0) is 16.1 Å². The minimum absolute atomic E-state index is 0.00175. The van der Waals surface area contributed by atoms with E-state index in [1.807, 2.05) is 42.5 Å². The summed E-state index contributed by atoms with van der Waals surface area (Å²) >= 11 is 0. The Labute approximate surface area is 160 Å². The molecule has 2 aromatic rings. The van der Waals surface area contributed by atoms with Crippen LogP contribution in [0.15, 0.2) is 42.5 Å². The van der Waals surface area contributed by atoms with Gasteiger partial charge in [0.25, 0.3) is 0 Å². The van der Waals surface area contributed by atoms with Crippen LogP contribution < -0.4 is 10.2 Å². The van der Waals surface area contributed by atoms with Gasteiger partial charge in [-0.15, -0.1) is 4.73 Å². The fourth-order valence-corrected chi connectivity index (χ4v) is 3.69. The second-order valence-electron chi connectivity index (χ2n) is 6.80. The number of nitrogens with zero attached hydrogens (tertiary/aromatic N) is 1.